The van der Waals surface area contributed by atoms with E-state index in [-0.39, 0.29) is 6.61 Å². The standard InChI is InChI=1S/C14H23NO2/c16-2-4-17-3-1-15-14-12-6-10-5-11(8-12)9-13(14)7-10/h10-13,16H,1-9H2. The van der Waals surface area contributed by atoms with E-state index in [9.17, 15) is 0 Å². The molecular formula is C14H23NO2. The summed E-state index contributed by atoms with van der Waals surface area (Å²) in [6.45, 7) is 2.01. The summed E-state index contributed by atoms with van der Waals surface area (Å²) in [6.07, 6.45) is 7.12. The Bertz CT molecular complexity index is 271. The summed E-state index contributed by atoms with van der Waals surface area (Å²) in [7, 11) is 0. The Morgan fingerprint density at radius 1 is 1.00 bits per heavy atom. The first-order valence-electron chi connectivity index (χ1n) is 7.09. The second kappa shape index (κ2) is 5.07. The van der Waals surface area contributed by atoms with Crippen molar-refractivity contribution < 1.29 is 9.84 Å². The third-order valence-electron chi connectivity index (χ3n) is 4.74. The van der Waals surface area contributed by atoms with Crippen LogP contribution < -0.4 is 0 Å². The van der Waals surface area contributed by atoms with Gasteiger partial charge in [-0.3, -0.25) is 4.99 Å². The third kappa shape index (κ3) is 2.41. The van der Waals surface area contributed by atoms with Crippen LogP contribution in [0.15, 0.2) is 4.99 Å². The predicted octanol–water partition coefficient (Wildman–Crippen LogP) is 1.89. The molecule has 0 unspecified atom stereocenters. The van der Waals surface area contributed by atoms with Crippen LogP contribution in [0.3, 0.4) is 0 Å². The third-order valence-corrected chi connectivity index (χ3v) is 4.74. The molecule has 0 aliphatic heterocycles. The molecule has 1 N–H and O–H groups in total. The fourth-order valence-electron chi connectivity index (χ4n) is 4.33. The number of aliphatic imine (C=N–C) groups is 1. The largest absolute Gasteiger partial charge is 0.394 e. The summed E-state index contributed by atoms with van der Waals surface area (Å²) < 4.78 is 5.27. The number of hydrogen-bond donors (Lipinski definition) is 1. The van der Waals surface area contributed by atoms with Crippen LogP contribution in [0.2, 0.25) is 0 Å². The molecule has 0 radical (unpaired) electrons. The molecule has 0 amide bonds. The molecule has 4 bridgehead atoms. The van der Waals surface area contributed by atoms with Gasteiger partial charge in [-0.15, -0.1) is 0 Å². The van der Waals surface area contributed by atoms with Gasteiger partial charge in [-0.25, -0.2) is 0 Å². The van der Waals surface area contributed by atoms with Crippen molar-refractivity contribution in [2.24, 2.45) is 28.7 Å². The maximum Gasteiger partial charge on any atom is 0.0698 e. The average molecular weight is 237 g/mol. The lowest BCUT2D eigenvalue weighted by Gasteiger charge is -2.50. The van der Waals surface area contributed by atoms with Gasteiger partial charge >= 0.3 is 0 Å². The van der Waals surface area contributed by atoms with Crippen molar-refractivity contribution in [3.05, 3.63) is 0 Å². The molecule has 3 heteroatoms. The first-order chi connectivity index (χ1) is 8.36. The Morgan fingerprint density at radius 2 is 1.65 bits per heavy atom. The van der Waals surface area contributed by atoms with Crippen molar-refractivity contribution in [3.63, 3.8) is 0 Å². The van der Waals surface area contributed by atoms with Crippen molar-refractivity contribution in [3.8, 4) is 0 Å². The highest BCUT2D eigenvalue weighted by Gasteiger charge is 2.45. The van der Waals surface area contributed by atoms with Gasteiger partial charge in [0.15, 0.2) is 0 Å². The zero-order chi connectivity index (χ0) is 11.7. The van der Waals surface area contributed by atoms with Crippen molar-refractivity contribution in [1.82, 2.24) is 0 Å². The summed E-state index contributed by atoms with van der Waals surface area (Å²) in [4.78, 5) is 4.80. The summed E-state index contributed by atoms with van der Waals surface area (Å²) in [5.41, 5.74) is 1.52. The molecule has 4 saturated carbocycles. The Balaban J connectivity index is 1.54. The topological polar surface area (TPSA) is 41.8 Å². The minimum Gasteiger partial charge on any atom is -0.394 e. The highest BCUT2D eigenvalue weighted by atomic mass is 16.5. The van der Waals surface area contributed by atoms with Gasteiger partial charge in [-0.1, -0.05) is 0 Å². The Labute approximate surface area is 103 Å². The summed E-state index contributed by atoms with van der Waals surface area (Å²) >= 11 is 0. The number of hydrogen-bond acceptors (Lipinski definition) is 3. The Hall–Kier alpha value is -0.410. The van der Waals surface area contributed by atoms with Gasteiger partial charge in [-0.2, -0.15) is 0 Å². The molecule has 0 aromatic rings. The van der Waals surface area contributed by atoms with E-state index in [0.717, 1.165) is 30.2 Å². The van der Waals surface area contributed by atoms with E-state index in [1.165, 1.54) is 37.8 Å². The molecule has 0 atom stereocenters. The zero-order valence-corrected chi connectivity index (χ0v) is 10.5. The van der Waals surface area contributed by atoms with Crippen molar-refractivity contribution in [1.29, 1.82) is 0 Å². The molecule has 4 aliphatic rings. The zero-order valence-electron chi connectivity index (χ0n) is 10.5. The van der Waals surface area contributed by atoms with E-state index in [4.69, 9.17) is 14.8 Å². The molecule has 0 spiro atoms. The van der Waals surface area contributed by atoms with E-state index in [1.807, 2.05) is 0 Å². The first-order valence-corrected chi connectivity index (χ1v) is 7.09. The number of aliphatic hydroxyl groups is 1. The van der Waals surface area contributed by atoms with E-state index in [2.05, 4.69) is 0 Å². The SMILES string of the molecule is OCCOCCN=C1C2CC3CC(C2)CC1C3. The molecule has 0 heterocycles. The molecule has 4 fully saturated rings. The van der Waals surface area contributed by atoms with E-state index >= 15 is 0 Å². The minimum absolute atomic E-state index is 0.116. The van der Waals surface area contributed by atoms with E-state index in [1.54, 1.807) is 0 Å². The number of nitrogens with zero attached hydrogens (tertiary/aromatic N) is 1. The number of aliphatic hydroxyl groups excluding tert-OH is 1. The Kier molecular flexibility index (Phi) is 3.48. The van der Waals surface area contributed by atoms with Gasteiger partial charge in [0.25, 0.3) is 0 Å². The monoisotopic (exact) mass is 237 g/mol. The molecule has 4 rings (SSSR count). The second-order valence-electron chi connectivity index (χ2n) is 5.95. The number of ether oxygens (including phenoxy) is 1. The quantitative estimate of drug-likeness (QED) is 0.742. The maximum atomic E-state index is 8.62. The lowest BCUT2D eigenvalue weighted by atomic mass is 9.55. The Morgan fingerprint density at radius 3 is 2.24 bits per heavy atom. The smallest absolute Gasteiger partial charge is 0.0698 e. The van der Waals surface area contributed by atoms with Crippen LogP contribution in [-0.2, 0) is 4.74 Å². The molecule has 96 valence electrons. The maximum absolute atomic E-state index is 8.62. The molecule has 0 aromatic carbocycles. The van der Waals surface area contributed by atoms with Gasteiger partial charge in [0.1, 0.15) is 0 Å². The average Bonchev–Trinajstić information content (AvgIpc) is 2.31. The van der Waals surface area contributed by atoms with Crippen LogP contribution >= 0.6 is 0 Å². The second-order valence-corrected chi connectivity index (χ2v) is 5.95. The van der Waals surface area contributed by atoms with Crippen LogP contribution in [0.25, 0.3) is 0 Å². The molecule has 3 nitrogen and oxygen atoms in total. The normalized spacial score (nSPS) is 38.8. The van der Waals surface area contributed by atoms with Crippen LogP contribution in [0.1, 0.15) is 32.1 Å². The fourth-order valence-corrected chi connectivity index (χ4v) is 4.33. The molecular weight excluding hydrogens is 214 g/mol. The highest BCUT2D eigenvalue weighted by molar-refractivity contribution is 5.90. The molecule has 17 heavy (non-hydrogen) atoms. The molecule has 4 aliphatic carbocycles. The van der Waals surface area contributed by atoms with Crippen LogP contribution in [0, 0.1) is 23.7 Å². The fraction of sp³-hybridized carbons (Fsp3) is 0.929. The summed E-state index contributed by atoms with van der Waals surface area (Å²) in [6, 6.07) is 0. The number of rotatable bonds is 5. The van der Waals surface area contributed by atoms with Crippen molar-refractivity contribution in [2.45, 2.75) is 32.1 Å². The lowest BCUT2D eigenvalue weighted by molar-refractivity contribution is 0.0952. The highest BCUT2D eigenvalue weighted by Crippen LogP contribution is 2.52. The van der Waals surface area contributed by atoms with Gasteiger partial charge < -0.3 is 9.84 Å². The van der Waals surface area contributed by atoms with Crippen molar-refractivity contribution in [2.75, 3.05) is 26.4 Å². The minimum atomic E-state index is 0.116. The summed E-state index contributed by atoms with van der Waals surface area (Å²) in [5, 5.41) is 8.62. The van der Waals surface area contributed by atoms with Gasteiger partial charge in [0.2, 0.25) is 0 Å². The first kappa shape index (κ1) is 11.7. The molecule has 0 saturated heterocycles. The molecule has 0 aromatic heterocycles. The van der Waals surface area contributed by atoms with E-state index in [0.29, 0.717) is 13.2 Å². The van der Waals surface area contributed by atoms with E-state index < -0.39 is 0 Å². The van der Waals surface area contributed by atoms with Crippen LogP contribution in [0.5, 0.6) is 0 Å². The van der Waals surface area contributed by atoms with Crippen molar-refractivity contribution >= 4 is 5.71 Å². The van der Waals surface area contributed by atoms with Crippen LogP contribution in [-0.4, -0.2) is 37.2 Å². The predicted molar refractivity (Wildman–Crippen MR) is 67.3 cm³/mol. The van der Waals surface area contributed by atoms with Gasteiger partial charge in [-0.05, 0) is 55.8 Å². The van der Waals surface area contributed by atoms with Gasteiger partial charge in [0.05, 0.1) is 26.4 Å². The van der Waals surface area contributed by atoms with Gasteiger partial charge in [0, 0.05) is 5.71 Å². The summed E-state index contributed by atoms with van der Waals surface area (Å²) in [5.74, 6) is 3.65. The van der Waals surface area contributed by atoms with Crippen LogP contribution in [0.4, 0.5) is 0 Å². The lowest BCUT2D eigenvalue weighted by Crippen LogP contribution is -2.45.